The lowest BCUT2D eigenvalue weighted by atomic mass is 10.1. The lowest BCUT2D eigenvalue weighted by Gasteiger charge is -2.17. The summed E-state index contributed by atoms with van der Waals surface area (Å²) in [6.45, 7) is 8.50. The maximum atomic E-state index is 9.10. The molecule has 1 rings (SSSR count). The minimum Gasteiger partial charge on any atom is -0.496 e. The molecule has 0 aromatic heterocycles. The molecule has 16 heavy (non-hydrogen) atoms. The molecular weight excluding hydrogens is 220 g/mol. The molecule has 0 radical (unpaired) electrons. The number of aliphatic hydroxyl groups is 1. The largest absolute Gasteiger partial charge is 0.496 e. The summed E-state index contributed by atoms with van der Waals surface area (Å²) >= 11 is 1.72. The van der Waals surface area contributed by atoms with Crippen LogP contribution in [0.5, 0.6) is 5.75 Å². The van der Waals surface area contributed by atoms with Gasteiger partial charge in [0.25, 0.3) is 0 Å². The van der Waals surface area contributed by atoms with Crippen molar-refractivity contribution in [1.29, 1.82) is 0 Å². The van der Waals surface area contributed by atoms with E-state index in [-0.39, 0.29) is 11.9 Å². The number of thioether (sulfide) groups is 1. The van der Waals surface area contributed by atoms with Crippen LogP contribution >= 0.6 is 11.8 Å². The SMILES string of the molecule is COc1cc(C)c(SC(C)CO)c(C)c1C. The topological polar surface area (TPSA) is 29.5 Å². The van der Waals surface area contributed by atoms with E-state index in [9.17, 15) is 0 Å². The quantitative estimate of drug-likeness (QED) is 0.820. The second-order valence-electron chi connectivity index (χ2n) is 4.09. The van der Waals surface area contributed by atoms with Gasteiger partial charge in [-0.25, -0.2) is 0 Å². The minimum atomic E-state index is 0.203. The van der Waals surface area contributed by atoms with Crippen LogP contribution in [0, 0.1) is 20.8 Å². The van der Waals surface area contributed by atoms with Crippen LogP contribution in [-0.2, 0) is 0 Å². The van der Waals surface area contributed by atoms with Crippen molar-refractivity contribution in [1.82, 2.24) is 0 Å². The van der Waals surface area contributed by atoms with E-state index in [1.54, 1.807) is 18.9 Å². The van der Waals surface area contributed by atoms with Gasteiger partial charge in [-0.15, -0.1) is 11.8 Å². The fourth-order valence-electron chi connectivity index (χ4n) is 1.65. The molecule has 0 amide bonds. The smallest absolute Gasteiger partial charge is 0.122 e. The van der Waals surface area contributed by atoms with Crippen molar-refractivity contribution < 1.29 is 9.84 Å². The van der Waals surface area contributed by atoms with E-state index < -0.39 is 0 Å². The molecule has 1 aromatic rings. The summed E-state index contributed by atoms with van der Waals surface area (Å²) in [6.07, 6.45) is 0. The van der Waals surface area contributed by atoms with Crippen LogP contribution < -0.4 is 4.74 Å². The molecule has 0 spiro atoms. The Hall–Kier alpha value is -0.670. The van der Waals surface area contributed by atoms with E-state index in [0.29, 0.717) is 0 Å². The number of aryl methyl sites for hydroxylation is 1. The number of hydrogen-bond acceptors (Lipinski definition) is 3. The van der Waals surface area contributed by atoms with Crippen molar-refractivity contribution in [3.63, 3.8) is 0 Å². The van der Waals surface area contributed by atoms with Crippen molar-refractivity contribution in [2.24, 2.45) is 0 Å². The Bertz CT molecular complexity index is 375. The summed E-state index contributed by atoms with van der Waals surface area (Å²) in [7, 11) is 1.70. The number of ether oxygens (including phenoxy) is 1. The molecule has 2 nitrogen and oxygen atoms in total. The summed E-state index contributed by atoms with van der Waals surface area (Å²) in [5, 5.41) is 9.33. The van der Waals surface area contributed by atoms with Crippen LogP contribution in [0.2, 0.25) is 0 Å². The Morgan fingerprint density at radius 3 is 2.44 bits per heavy atom. The van der Waals surface area contributed by atoms with Crippen LogP contribution in [0.3, 0.4) is 0 Å². The van der Waals surface area contributed by atoms with E-state index in [4.69, 9.17) is 9.84 Å². The molecule has 0 saturated heterocycles. The van der Waals surface area contributed by atoms with Gasteiger partial charge < -0.3 is 9.84 Å². The first-order valence-corrected chi connectivity index (χ1v) is 6.31. The van der Waals surface area contributed by atoms with Crippen LogP contribution in [0.15, 0.2) is 11.0 Å². The highest BCUT2D eigenvalue weighted by molar-refractivity contribution is 8.00. The summed E-state index contributed by atoms with van der Waals surface area (Å²) in [5.74, 6) is 0.941. The van der Waals surface area contributed by atoms with Gasteiger partial charge in [-0.2, -0.15) is 0 Å². The molecular formula is C13H20O2S. The normalized spacial score (nSPS) is 12.6. The summed E-state index contributed by atoms with van der Waals surface area (Å²) in [6, 6.07) is 2.06. The Kier molecular flexibility index (Phi) is 4.69. The fraction of sp³-hybridized carbons (Fsp3) is 0.538. The Labute approximate surface area is 102 Å². The molecule has 0 saturated carbocycles. The van der Waals surface area contributed by atoms with Gasteiger partial charge in [0.15, 0.2) is 0 Å². The molecule has 1 N–H and O–H groups in total. The Balaban J connectivity index is 3.15. The van der Waals surface area contributed by atoms with Gasteiger partial charge in [0.2, 0.25) is 0 Å². The molecule has 0 aliphatic rings. The molecule has 0 fully saturated rings. The predicted molar refractivity (Wildman–Crippen MR) is 69.6 cm³/mol. The first-order valence-electron chi connectivity index (χ1n) is 5.43. The standard InChI is InChI=1S/C13H20O2S/c1-8-6-12(15-5)10(3)11(4)13(8)16-9(2)7-14/h6,9,14H,7H2,1-5H3. The van der Waals surface area contributed by atoms with Crippen molar-refractivity contribution in [2.75, 3.05) is 13.7 Å². The summed E-state index contributed by atoms with van der Waals surface area (Å²) in [4.78, 5) is 1.26. The zero-order chi connectivity index (χ0) is 12.3. The highest BCUT2D eigenvalue weighted by atomic mass is 32.2. The first-order chi connectivity index (χ1) is 7.51. The maximum absolute atomic E-state index is 9.10. The summed E-state index contributed by atoms with van der Waals surface area (Å²) < 4.78 is 5.33. The molecule has 1 unspecified atom stereocenters. The molecule has 3 heteroatoms. The van der Waals surface area contributed by atoms with Crippen molar-refractivity contribution in [3.05, 3.63) is 22.8 Å². The van der Waals surface area contributed by atoms with Crippen LogP contribution in [-0.4, -0.2) is 24.1 Å². The molecule has 1 aromatic carbocycles. The number of benzene rings is 1. The van der Waals surface area contributed by atoms with E-state index in [2.05, 4.69) is 26.8 Å². The van der Waals surface area contributed by atoms with Crippen molar-refractivity contribution >= 4 is 11.8 Å². The average molecular weight is 240 g/mol. The van der Waals surface area contributed by atoms with Gasteiger partial charge >= 0.3 is 0 Å². The van der Waals surface area contributed by atoms with E-state index in [1.807, 2.05) is 6.92 Å². The van der Waals surface area contributed by atoms with Gasteiger partial charge in [-0.3, -0.25) is 0 Å². The second kappa shape index (κ2) is 5.60. The third-order valence-electron chi connectivity index (χ3n) is 2.77. The molecule has 1 atom stereocenters. The molecule has 0 aliphatic carbocycles. The highest BCUT2D eigenvalue weighted by Gasteiger charge is 2.13. The number of aliphatic hydroxyl groups excluding tert-OH is 1. The third-order valence-corrected chi connectivity index (χ3v) is 4.19. The van der Waals surface area contributed by atoms with E-state index in [0.717, 1.165) is 5.75 Å². The summed E-state index contributed by atoms with van der Waals surface area (Å²) in [5.41, 5.74) is 3.65. The molecule has 0 bridgehead atoms. The molecule has 0 heterocycles. The highest BCUT2D eigenvalue weighted by Crippen LogP contribution is 2.35. The predicted octanol–water partition coefficient (Wildman–Crippen LogP) is 3.09. The number of methoxy groups -OCH3 is 1. The fourth-order valence-corrected chi connectivity index (χ4v) is 2.70. The lowest BCUT2D eigenvalue weighted by molar-refractivity contribution is 0.300. The average Bonchev–Trinajstić information content (AvgIpc) is 2.28. The Morgan fingerprint density at radius 1 is 1.31 bits per heavy atom. The minimum absolute atomic E-state index is 0.203. The van der Waals surface area contributed by atoms with E-state index >= 15 is 0 Å². The zero-order valence-corrected chi connectivity index (χ0v) is 11.4. The van der Waals surface area contributed by atoms with Gasteiger partial charge in [0.1, 0.15) is 5.75 Å². The molecule has 0 aliphatic heterocycles. The van der Waals surface area contributed by atoms with Crippen molar-refractivity contribution in [2.45, 2.75) is 37.8 Å². The van der Waals surface area contributed by atoms with Crippen LogP contribution in [0.1, 0.15) is 23.6 Å². The maximum Gasteiger partial charge on any atom is 0.122 e. The van der Waals surface area contributed by atoms with Crippen LogP contribution in [0.4, 0.5) is 0 Å². The van der Waals surface area contributed by atoms with Gasteiger partial charge in [-0.1, -0.05) is 6.92 Å². The van der Waals surface area contributed by atoms with Crippen LogP contribution in [0.25, 0.3) is 0 Å². The van der Waals surface area contributed by atoms with E-state index in [1.165, 1.54) is 21.6 Å². The Morgan fingerprint density at radius 2 is 1.94 bits per heavy atom. The second-order valence-corrected chi connectivity index (χ2v) is 5.53. The number of rotatable bonds is 4. The van der Waals surface area contributed by atoms with Gasteiger partial charge in [0.05, 0.1) is 13.7 Å². The number of hydrogen-bond donors (Lipinski definition) is 1. The van der Waals surface area contributed by atoms with Crippen molar-refractivity contribution in [3.8, 4) is 5.75 Å². The first kappa shape index (κ1) is 13.4. The third kappa shape index (κ3) is 2.71. The van der Waals surface area contributed by atoms with Gasteiger partial charge in [-0.05, 0) is 43.5 Å². The monoisotopic (exact) mass is 240 g/mol. The lowest BCUT2D eigenvalue weighted by Crippen LogP contribution is -2.04. The van der Waals surface area contributed by atoms with Gasteiger partial charge in [0, 0.05) is 10.1 Å². The molecule has 90 valence electrons. The zero-order valence-electron chi connectivity index (χ0n) is 10.6.